The molecule has 0 spiro atoms. The average Bonchev–Trinajstić information content (AvgIpc) is 3.05. The summed E-state index contributed by atoms with van der Waals surface area (Å²) < 4.78 is 6.06. The molecule has 0 saturated carbocycles. The van der Waals surface area contributed by atoms with E-state index in [2.05, 4.69) is 15.3 Å². The first-order valence-electron chi connectivity index (χ1n) is 8.38. The molecule has 1 fully saturated rings. The first-order valence-corrected chi connectivity index (χ1v) is 9.14. The number of rotatable bonds is 5. The minimum Gasteiger partial charge on any atom is -0.489 e. The van der Waals surface area contributed by atoms with Gasteiger partial charge in [-0.3, -0.25) is 4.79 Å². The second kappa shape index (κ2) is 8.10. The molecule has 1 aliphatic rings. The molecule has 1 aromatic carbocycles. The Labute approximate surface area is 162 Å². The Morgan fingerprint density at radius 2 is 2.04 bits per heavy atom. The number of carbonyl (C=O) groups is 1. The van der Waals surface area contributed by atoms with Crippen LogP contribution in [0.2, 0.25) is 10.2 Å². The number of carbonyl (C=O) groups excluding carboxylic acids is 1. The molecule has 26 heavy (non-hydrogen) atoms. The van der Waals surface area contributed by atoms with Gasteiger partial charge in [-0.15, -0.1) is 0 Å². The molecule has 0 bridgehead atoms. The van der Waals surface area contributed by atoms with Gasteiger partial charge in [0.05, 0.1) is 12.6 Å². The Balaban J connectivity index is 1.60. The van der Waals surface area contributed by atoms with Crippen molar-refractivity contribution >= 4 is 34.9 Å². The Morgan fingerprint density at radius 3 is 2.73 bits per heavy atom. The van der Waals surface area contributed by atoms with Gasteiger partial charge in [0.25, 0.3) is 0 Å². The van der Waals surface area contributed by atoms with Crippen LogP contribution in [-0.4, -0.2) is 35.1 Å². The topological polar surface area (TPSA) is 67.3 Å². The Kier molecular flexibility index (Phi) is 5.84. The normalized spacial score (nSPS) is 17.8. The van der Waals surface area contributed by atoms with Crippen molar-refractivity contribution in [3.8, 4) is 5.75 Å². The SMILES string of the molecule is CC(=O)N[C@@H](C)c1ccc(O[C@@H]2CCN(c3ncnc(Cl)c3Cl)C2)cc1. The molecule has 1 aromatic heterocycles. The fourth-order valence-electron chi connectivity index (χ4n) is 2.99. The monoisotopic (exact) mass is 394 g/mol. The molecule has 2 atom stereocenters. The van der Waals surface area contributed by atoms with Gasteiger partial charge in [-0.1, -0.05) is 35.3 Å². The molecule has 0 aliphatic carbocycles. The zero-order valence-corrected chi connectivity index (χ0v) is 16.1. The summed E-state index contributed by atoms with van der Waals surface area (Å²) in [4.78, 5) is 21.3. The van der Waals surface area contributed by atoms with Gasteiger partial charge in [-0.2, -0.15) is 0 Å². The van der Waals surface area contributed by atoms with Gasteiger partial charge < -0.3 is 15.0 Å². The van der Waals surface area contributed by atoms with Crippen LogP contribution in [0, 0.1) is 0 Å². The van der Waals surface area contributed by atoms with Crippen LogP contribution in [0.3, 0.4) is 0 Å². The van der Waals surface area contributed by atoms with Crippen molar-refractivity contribution in [3.05, 3.63) is 46.3 Å². The number of ether oxygens (including phenoxy) is 1. The lowest BCUT2D eigenvalue weighted by Gasteiger charge is -2.19. The number of hydrogen-bond acceptors (Lipinski definition) is 5. The fourth-order valence-corrected chi connectivity index (χ4v) is 3.34. The summed E-state index contributed by atoms with van der Waals surface area (Å²) in [5.74, 6) is 1.38. The van der Waals surface area contributed by atoms with Gasteiger partial charge in [-0.05, 0) is 24.6 Å². The van der Waals surface area contributed by atoms with Crippen LogP contribution in [0.5, 0.6) is 5.75 Å². The number of nitrogens with zero attached hydrogens (tertiary/aromatic N) is 3. The molecular formula is C18H20Cl2N4O2. The molecule has 0 radical (unpaired) electrons. The minimum atomic E-state index is -0.0487. The molecule has 1 N–H and O–H groups in total. The maximum Gasteiger partial charge on any atom is 0.217 e. The third-order valence-electron chi connectivity index (χ3n) is 4.28. The van der Waals surface area contributed by atoms with Crippen molar-refractivity contribution in [2.75, 3.05) is 18.0 Å². The predicted octanol–water partition coefficient (Wildman–Crippen LogP) is 3.64. The highest BCUT2D eigenvalue weighted by atomic mass is 35.5. The van der Waals surface area contributed by atoms with E-state index in [1.807, 2.05) is 36.1 Å². The lowest BCUT2D eigenvalue weighted by molar-refractivity contribution is -0.119. The van der Waals surface area contributed by atoms with Crippen LogP contribution >= 0.6 is 23.2 Å². The quantitative estimate of drug-likeness (QED) is 0.783. The molecule has 1 saturated heterocycles. The predicted molar refractivity (Wildman–Crippen MR) is 102 cm³/mol. The summed E-state index contributed by atoms with van der Waals surface area (Å²) in [5.41, 5.74) is 1.03. The van der Waals surface area contributed by atoms with E-state index in [1.54, 1.807) is 0 Å². The molecule has 2 heterocycles. The number of amides is 1. The van der Waals surface area contributed by atoms with Crippen LogP contribution < -0.4 is 15.0 Å². The van der Waals surface area contributed by atoms with Crippen LogP contribution in [-0.2, 0) is 4.79 Å². The highest BCUT2D eigenvalue weighted by molar-refractivity contribution is 6.42. The molecule has 0 unspecified atom stereocenters. The van der Waals surface area contributed by atoms with Gasteiger partial charge in [-0.25, -0.2) is 9.97 Å². The summed E-state index contributed by atoms with van der Waals surface area (Å²) in [6.45, 7) is 4.92. The smallest absolute Gasteiger partial charge is 0.217 e. The minimum absolute atomic E-state index is 0.0341. The third kappa shape index (κ3) is 4.37. The van der Waals surface area contributed by atoms with Gasteiger partial charge >= 0.3 is 0 Å². The molecule has 8 heteroatoms. The average molecular weight is 395 g/mol. The molecule has 3 rings (SSSR count). The zero-order valence-electron chi connectivity index (χ0n) is 14.6. The number of hydrogen-bond donors (Lipinski definition) is 1. The van der Waals surface area contributed by atoms with E-state index in [1.165, 1.54) is 13.3 Å². The van der Waals surface area contributed by atoms with Crippen molar-refractivity contribution < 1.29 is 9.53 Å². The highest BCUT2D eigenvalue weighted by Crippen LogP contribution is 2.31. The van der Waals surface area contributed by atoms with E-state index in [0.717, 1.165) is 24.3 Å². The van der Waals surface area contributed by atoms with E-state index in [4.69, 9.17) is 27.9 Å². The standard InChI is InChI=1S/C18H20Cl2N4O2/c1-11(23-12(2)25)13-3-5-14(6-4-13)26-15-7-8-24(9-15)18-16(19)17(20)21-10-22-18/h3-6,10-11,15H,7-9H2,1-2H3,(H,23,25)/t11-,15+/m0/s1. The highest BCUT2D eigenvalue weighted by Gasteiger charge is 2.27. The van der Waals surface area contributed by atoms with Crippen molar-refractivity contribution in [1.82, 2.24) is 15.3 Å². The molecule has 1 amide bonds. The lowest BCUT2D eigenvalue weighted by atomic mass is 10.1. The van der Waals surface area contributed by atoms with E-state index < -0.39 is 0 Å². The van der Waals surface area contributed by atoms with Gasteiger partial charge in [0.2, 0.25) is 5.91 Å². The lowest BCUT2D eigenvalue weighted by Crippen LogP contribution is -2.25. The van der Waals surface area contributed by atoms with Crippen LogP contribution in [0.4, 0.5) is 5.82 Å². The van der Waals surface area contributed by atoms with Crippen molar-refractivity contribution in [2.24, 2.45) is 0 Å². The molecule has 2 aromatic rings. The fraction of sp³-hybridized carbons (Fsp3) is 0.389. The maximum absolute atomic E-state index is 11.2. The van der Waals surface area contributed by atoms with Crippen molar-refractivity contribution in [1.29, 1.82) is 0 Å². The van der Waals surface area contributed by atoms with Crippen molar-refractivity contribution in [2.45, 2.75) is 32.4 Å². The second-order valence-electron chi connectivity index (χ2n) is 6.27. The number of aromatic nitrogens is 2. The summed E-state index contributed by atoms with van der Waals surface area (Å²) >= 11 is 12.2. The van der Waals surface area contributed by atoms with Gasteiger partial charge in [0.15, 0.2) is 11.0 Å². The van der Waals surface area contributed by atoms with Crippen LogP contribution in [0.25, 0.3) is 0 Å². The Hall–Kier alpha value is -2.05. The first-order chi connectivity index (χ1) is 12.4. The summed E-state index contributed by atoms with van der Waals surface area (Å²) in [6, 6.07) is 7.73. The van der Waals surface area contributed by atoms with E-state index in [-0.39, 0.29) is 23.2 Å². The van der Waals surface area contributed by atoms with E-state index in [0.29, 0.717) is 17.4 Å². The molecule has 1 aliphatic heterocycles. The zero-order chi connectivity index (χ0) is 18.7. The number of benzene rings is 1. The summed E-state index contributed by atoms with van der Waals surface area (Å²) in [5, 5.41) is 3.48. The third-order valence-corrected chi connectivity index (χ3v) is 5.01. The summed E-state index contributed by atoms with van der Waals surface area (Å²) in [7, 11) is 0. The first kappa shape index (κ1) is 18.7. The molecule has 138 valence electrons. The Morgan fingerprint density at radius 1 is 1.31 bits per heavy atom. The number of halogens is 2. The van der Waals surface area contributed by atoms with E-state index in [9.17, 15) is 4.79 Å². The second-order valence-corrected chi connectivity index (χ2v) is 7.00. The molecule has 6 nitrogen and oxygen atoms in total. The van der Waals surface area contributed by atoms with Gasteiger partial charge in [0.1, 0.15) is 23.2 Å². The van der Waals surface area contributed by atoms with E-state index >= 15 is 0 Å². The Bertz CT molecular complexity index is 785. The molecular weight excluding hydrogens is 375 g/mol. The van der Waals surface area contributed by atoms with Crippen molar-refractivity contribution in [3.63, 3.8) is 0 Å². The largest absolute Gasteiger partial charge is 0.489 e. The number of nitrogens with one attached hydrogen (secondary N) is 1. The van der Waals surface area contributed by atoms with Crippen LogP contribution in [0.15, 0.2) is 30.6 Å². The summed E-state index contributed by atoms with van der Waals surface area (Å²) in [6.07, 6.45) is 2.31. The number of anilines is 1. The maximum atomic E-state index is 11.2. The van der Waals surface area contributed by atoms with Crippen LogP contribution in [0.1, 0.15) is 31.9 Å². The van der Waals surface area contributed by atoms with Gasteiger partial charge in [0, 0.05) is 19.9 Å².